The number of anilines is 1. The highest BCUT2D eigenvalue weighted by Crippen LogP contribution is 2.03. The van der Waals surface area contributed by atoms with Crippen LogP contribution < -0.4 is 11.3 Å². The number of aromatic nitrogens is 4. The minimum absolute atomic E-state index is 0.178. The molecule has 0 unspecified atom stereocenters. The molecular weight excluding hydrogens is 194 g/mol. The first kappa shape index (κ1) is 9.45. The minimum Gasteiger partial charge on any atom is -0.369 e. The number of aromatic amines is 1. The standard InChI is InChI=1S/C9H11N5O/c1-2-3-4-14-8(15)6-7(12-5-11-6)13-9(14)10/h2-3,5H,4H2,1H3,(H2,10,13)(H,11,12)/b3-2+. The zero-order valence-electron chi connectivity index (χ0n) is 8.27. The van der Waals surface area contributed by atoms with Crippen LogP contribution in [0.25, 0.3) is 11.2 Å². The molecule has 0 saturated carbocycles. The van der Waals surface area contributed by atoms with Crippen molar-refractivity contribution in [2.45, 2.75) is 13.5 Å². The van der Waals surface area contributed by atoms with Crippen molar-refractivity contribution < 1.29 is 0 Å². The summed E-state index contributed by atoms with van der Waals surface area (Å²) in [5.74, 6) is 0.178. The first-order valence-electron chi connectivity index (χ1n) is 4.54. The number of allylic oxidation sites excluding steroid dienone is 2. The molecule has 0 aliphatic carbocycles. The Bertz CT molecular complexity index is 565. The van der Waals surface area contributed by atoms with Crippen molar-refractivity contribution in [2.24, 2.45) is 0 Å². The molecule has 0 aromatic carbocycles. The summed E-state index contributed by atoms with van der Waals surface area (Å²) < 4.78 is 1.39. The highest BCUT2D eigenvalue weighted by molar-refractivity contribution is 5.69. The van der Waals surface area contributed by atoms with Gasteiger partial charge in [-0.05, 0) is 6.92 Å². The number of hydrogen-bond donors (Lipinski definition) is 2. The summed E-state index contributed by atoms with van der Waals surface area (Å²) in [7, 11) is 0. The van der Waals surface area contributed by atoms with Gasteiger partial charge in [0.1, 0.15) is 0 Å². The van der Waals surface area contributed by atoms with Crippen LogP contribution in [0.5, 0.6) is 0 Å². The van der Waals surface area contributed by atoms with E-state index >= 15 is 0 Å². The van der Waals surface area contributed by atoms with Crippen molar-refractivity contribution in [3.05, 3.63) is 28.8 Å². The maximum absolute atomic E-state index is 11.9. The van der Waals surface area contributed by atoms with Crippen molar-refractivity contribution >= 4 is 17.1 Å². The van der Waals surface area contributed by atoms with Crippen LogP contribution >= 0.6 is 0 Å². The molecule has 78 valence electrons. The molecule has 15 heavy (non-hydrogen) atoms. The van der Waals surface area contributed by atoms with Crippen LogP contribution in [0, 0.1) is 0 Å². The molecule has 2 aromatic rings. The Kier molecular flexibility index (Phi) is 2.24. The molecule has 6 heteroatoms. The van der Waals surface area contributed by atoms with E-state index in [0.717, 1.165) is 0 Å². The molecule has 0 aliphatic heterocycles. The lowest BCUT2D eigenvalue weighted by atomic mass is 10.4. The van der Waals surface area contributed by atoms with E-state index in [1.54, 1.807) is 0 Å². The van der Waals surface area contributed by atoms with Crippen molar-refractivity contribution in [3.8, 4) is 0 Å². The van der Waals surface area contributed by atoms with Crippen LogP contribution in [-0.2, 0) is 6.54 Å². The van der Waals surface area contributed by atoms with Gasteiger partial charge in [0.25, 0.3) is 5.56 Å². The van der Waals surface area contributed by atoms with Crippen LogP contribution in [0.3, 0.4) is 0 Å². The summed E-state index contributed by atoms with van der Waals surface area (Å²) in [5, 5.41) is 0. The zero-order chi connectivity index (χ0) is 10.8. The number of H-pyrrole nitrogens is 1. The fraction of sp³-hybridized carbons (Fsp3) is 0.222. The summed E-state index contributed by atoms with van der Waals surface area (Å²) in [6.45, 7) is 2.30. The molecule has 0 fully saturated rings. The highest BCUT2D eigenvalue weighted by Gasteiger charge is 2.08. The molecule has 2 heterocycles. The van der Waals surface area contributed by atoms with Crippen LogP contribution in [0.15, 0.2) is 23.3 Å². The van der Waals surface area contributed by atoms with E-state index in [9.17, 15) is 4.79 Å². The summed E-state index contributed by atoms with van der Waals surface area (Å²) in [6, 6.07) is 0. The Morgan fingerprint density at radius 3 is 3.20 bits per heavy atom. The van der Waals surface area contributed by atoms with Crippen molar-refractivity contribution in [1.82, 2.24) is 19.5 Å². The summed E-state index contributed by atoms with van der Waals surface area (Å²) in [6.07, 6.45) is 5.11. The normalized spacial score (nSPS) is 11.5. The molecule has 0 aliphatic rings. The second-order valence-electron chi connectivity index (χ2n) is 3.06. The van der Waals surface area contributed by atoms with Crippen LogP contribution in [0.2, 0.25) is 0 Å². The lowest BCUT2D eigenvalue weighted by Crippen LogP contribution is -2.24. The van der Waals surface area contributed by atoms with Gasteiger partial charge in [-0.3, -0.25) is 9.36 Å². The number of rotatable bonds is 2. The average Bonchev–Trinajstić information content (AvgIpc) is 2.65. The quantitative estimate of drug-likeness (QED) is 0.689. The lowest BCUT2D eigenvalue weighted by molar-refractivity contribution is 0.780. The molecule has 0 bridgehead atoms. The van der Waals surface area contributed by atoms with E-state index in [1.165, 1.54) is 10.9 Å². The van der Waals surface area contributed by atoms with Gasteiger partial charge in [-0.2, -0.15) is 4.98 Å². The number of nitrogens with zero attached hydrogens (tertiary/aromatic N) is 3. The van der Waals surface area contributed by atoms with Gasteiger partial charge in [0.05, 0.1) is 6.33 Å². The van der Waals surface area contributed by atoms with Gasteiger partial charge in [-0.25, -0.2) is 4.98 Å². The predicted molar refractivity (Wildman–Crippen MR) is 57.4 cm³/mol. The molecule has 0 spiro atoms. The van der Waals surface area contributed by atoms with E-state index in [-0.39, 0.29) is 11.5 Å². The van der Waals surface area contributed by atoms with Gasteiger partial charge in [0.15, 0.2) is 11.2 Å². The van der Waals surface area contributed by atoms with Crippen molar-refractivity contribution in [3.63, 3.8) is 0 Å². The van der Waals surface area contributed by atoms with E-state index in [1.807, 2.05) is 19.1 Å². The second-order valence-corrected chi connectivity index (χ2v) is 3.06. The van der Waals surface area contributed by atoms with Gasteiger partial charge in [-0.1, -0.05) is 12.2 Å². The predicted octanol–water partition coefficient (Wildman–Crippen LogP) is 0.278. The molecule has 0 atom stereocenters. The highest BCUT2D eigenvalue weighted by atomic mass is 16.1. The third kappa shape index (κ3) is 1.50. The summed E-state index contributed by atoms with van der Waals surface area (Å²) in [5.41, 5.74) is 6.19. The van der Waals surface area contributed by atoms with Gasteiger partial charge in [0.2, 0.25) is 5.95 Å². The van der Waals surface area contributed by atoms with E-state index in [2.05, 4.69) is 15.0 Å². The fourth-order valence-corrected chi connectivity index (χ4v) is 1.32. The van der Waals surface area contributed by atoms with Gasteiger partial charge in [0, 0.05) is 6.54 Å². The number of nitrogen functional groups attached to an aromatic ring is 1. The average molecular weight is 205 g/mol. The SMILES string of the molecule is C/C=C/Cn1c(N)nc2nc[nH]c2c1=O. The van der Waals surface area contributed by atoms with Gasteiger partial charge >= 0.3 is 0 Å². The summed E-state index contributed by atoms with van der Waals surface area (Å²) >= 11 is 0. The Labute approximate surface area is 85.5 Å². The molecule has 2 aromatic heterocycles. The number of hydrogen-bond acceptors (Lipinski definition) is 4. The lowest BCUT2D eigenvalue weighted by Gasteiger charge is -2.04. The summed E-state index contributed by atoms with van der Waals surface area (Å²) in [4.78, 5) is 22.5. The van der Waals surface area contributed by atoms with E-state index < -0.39 is 0 Å². The van der Waals surface area contributed by atoms with Crippen molar-refractivity contribution in [2.75, 3.05) is 5.73 Å². The monoisotopic (exact) mass is 205 g/mol. The maximum atomic E-state index is 11.9. The Morgan fingerprint density at radius 1 is 1.67 bits per heavy atom. The topological polar surface area (TPSA) is 89.6 Å². The Balaban J connectivity index is 2.67. The van der Waals surface area contributed by atoms with Crippen molar-refractivity contribution in [1.29, 1.82) is 0 Å². The Morgan fingerprint density at radius 2 is 2.47 bits per heavy atom. The minimum atomic E-state index is -0.201. The number of nitrogens with two attached hydrogens (primary N) is 1. The second kappa shape index (κ2) is 3.56. The first-order valence-corrected chi connectivity index (χ1v) is 4.54. The van der Waals surface area contributed by atoms with Crippen LogP contribution in [-0.4, -0.2) is 19.5 Å². The van der Waals surface area contributed by atoms with Crippen LogP contribution in [0.4, 0.5) is 5.95 Å². The smallest absolute Gasteiger partial charge is 0.281 e. The number of nitrogens with one attached hydrogen (secondary N) is 1. The largest absolute Gasteiger partial charge is 0.369 e. The molecule has 0 radical (unpaired) electrons. The number of fused-ring (bicyclic) bond motifs is 1. The molecular formula is C9H11N5O. The molecule has 0 amide bonds. The van der Waals surface area contributed by atoms with E-state index in [4.69, 9.17) is 5.73 Å². The maximum Gasteiger partial charge on any atom is 0.281 e. The van der Waals surface area contributed by atoms with Crippen LogP contribution in [0.1, 0.15) is 6.92 Å². The molecule has 6 nitrogen and oxygen atoms in total. The van der Waals surface area contributed by atoms with Gasteiger partial charge < -0.3 is 10.7 Å². The fourth-order valence-electron chi connectivity index (χ4n) is 1.32. The Hall–Kier alpha value is -2.11. The molecule has 2 rings (SSSR count). The number of imidazole rings is 1. The van der Waals surface area contributed by atoms with E-state index in [0.29, 0.717) is 17.7 Å². The third-order valence-corrected chi connectivity index (χ3v) is 2.10. The van der Waals surface area contributed by atoms with Gasteiger partial charge in [-0.15, -0.1) is 0 Å². The molecule has 3 N–H and O–H groups in total. The third-order valence-electron chi connectivity index (χ3n) is 2.10. The first-order chi connectivity index (χ1) is 7.24. The molecule has 0 saturated heterocycles. The zero-order valence-corrected chi connectivity index (χ0v) is 8.27.